The number of ether oxygens (including phenoxy) is 1. The quantitative estimate of drug-likeness (QED) is 0.562. The molecule has 0 spiro atoms. The maximum absolute atomic E-state index is 6.01. The van der Waals surface area contributed by atoms with Gasteiger partial charge in [-0.05, 0) is 40.4 Å². The lowest BCUT2D eigenvalue weighted by molar-refractivity contribution is -0.185. The van der Waals surface area contributed by atoms with Gasteiger partial charge in [-0.2, -0.15) is 0 Å². The Balaban J connectivity index is 4.60. The zero-order valence-electron chi connectivity index (χ0n) is 11.0. The van der Waals surface area contributed by atoms with Crippen LogP contribution in [0.2, 0.25) is 0 Å². The molecule has 92 valence electrons. The fourth-order valence-corrected chi connectivity index (χ4v) is 1.50. The molecular weight excluding hydrogens is 190 g/mol. The summed E-state index contributed by atoms with van der Waals surface area (Å²) >= 11 is 0. The summed E-state index contributed by atoms with van der Waals surface area (Å²) in [6.07, 6.45) is 0. The van der Waals surface area contributed by atoms with Gasteiger partial charge in [0.15, 0.2) is 0 Å². The van der Waals surface area contributed by atoms with E-state index in [0.29, 0.717) is 0 Å². The molecule has 0 unspecified atom stereocenters. The smallest absolute Gasteiger partial charge is 0.235 e. The lowest BCUT2D eigenvalue weighted by Gasteiger charge is -2.40. The zero-order chi connectivity index (χ0) is 11.9. The molecule has 0 atom stereocenters. The van der Waals surface area contributed by atoms with Crippen molar-refractivity contribution in [1.29, 1.82) is 0 Å². The van der Waals surface area contributed by atoms with Gasteiger partial charge in [-0.1, -0.05) is 20.8 Å². The largest absolute Gasteiger partial charge is 0.329 e. The molecule has 4 heteroatoms. The van der Waals surface area contributed by atoms with Crippen LogP contribution in [-0.4, -0.2) is 31.2 Å². The average Bonchev–Trinajstić information content (AvgIpc) is 2.01. The first-order chi connectivity index (χ1) is 6.89. The van der Waals surface area contributed by atoms with E-state index >= 15 is 0 Å². The highest BCUT2D eigenvalue weighted by Crippen LogP contribution is 2.13. The van der Waals surface area contributed by atoms with Crippen molar-refractivity contribution in [1.82, 2.24) is 16.0 Å². The molecule has 0 aromatic heterocycles. The highest BCUT2D eigenvalue weighted by atomic mass is 16.6. The van der Waals surface area contributed by atoms with E-state index in [-0.39, 0.29) is 5.60 Å². The van der Waals surface area contributed by atoms with Crippen molar-refractivity contribution >= 4 is 0 Å². The van der Waals surface area contributed by atoms with E-state index in [1.54, 1.807) is 0 Å². The minimum absolute atomic E-state index is 0.202. The summed E-state index contributed by atoms with van der Waals surface area (Å²) in [6.45, 7) is 14.9. The first-order valence-electron chi connectivity index (χ1n) is 5.84. The maximum Gasteiger partial charge on any atom is 0.235 e. The van der Waals surface area contributed by atoms with Gasteiger partial charge >= 0.3 is 0 Å². The Hall–Kier alpha value is -0.160. The second-order valence-electron chi connectivity index (χ2n) is 4.49. The normalized spacial score (nSPS) is 13.2. The summed E-state index contributed by atoms with van der Waals surface area (Å²) in [5, 5.41) is 9.93. The third kappa shape index (κ3) is 6.10. The number of rotatable bonds is 7. The first-order valence-corrected chi connectivity index (χ1v) is 5.84. The highest BCUT2D eigenvalue weighted by molar-refractivity contribution is 4.75. The molecule has 0 aromatic carbocycles. The Bertz CT molecular complexity index is 149. The van der Waals surface area contributed by atoms with E-state index in [9.17, 15) is 0 Å². The predicted octanol–water partition coefficient (Wildman–Crippen LogP) is 1.24. The van der Waals surface area contributed by atoms with Crippen molar-refractivity contribution in [2.45, 2.75) is 53.1 Å². The van der Waals surface area contributed by atoms with Crippen LogP contribution in [0.1, 0.15) is 41.5 Å². The van der Waals surface area contributed by atoms with Crippen LogP contribution in [0.4, 0.5) is 0 Å². The molecule has 0 aliphatic rings. The molecule has 15 heavy (non-hydrogen) atoms. The van der Waals surface area contributed by atoms with E-state index in [0.717, 1.165) is 19.6 Å². The minimum Gasteiger partial charge on any atom is -0.329 e. The van der Waals surface area contributed by atoms with Gasteiger partial charge in [-0.15, -0.1) is 0 Å². The third-order valence-corrected chi connectivity index (χ3v) is 1.74. The average molecular weight is 217 g/mol. The van der Waals surface area contributed by atoms with Gasteiger partial charge in [0.25, 0.3) is 0 Å². The second kappa shape index (κ2) is 6.43. The van der Waals surface area contributed by atoms with E-state index in [1.807, 2.05) is 20.8 Å². The molecule has 4 nitrogen and oxygen atoms in total. The maximum atomic E-state index is 6.01. The van der Waals surface area contributed by atoms with Crippen LogP contribution < -0.4 is 16.0 Å². The number of hydrogen-bond donors (Lipinski definition) is 3. The molecule has 0 aliphatic carbocycles. The van der Waals surface area contributed by atoms with Gasteiger partial charge in [-0.25, -0.2) is 0 Å². The molecule has 0 heterocycles. The fraction of sp³-hybridized carbons (Fsp3) is 1.00. The monoisotopic (exact) mass is 217 g/mol. The Morgan fingerprint density at radius 2 is 1.13 bits per heavy atom. The number of hydrogen-bond acceptors (Lipinski definition) is 4. The molecule has 0 fully saturated rings. The van der Waals surface area contributed by atoms with Crippen LogP contribution in [0.15, 0.2) is 0 Å². The summed E-state index contributed by atoms with van der Waals surface area (Å²) in [5.74, 6) is -0.615. The molecule has 0 aromatic rings. The standard InChI is InChI=1S/C11H27N3O/c1-7-12-11(13-8-2,14-9-3)15-10(4,5)6/h12-14H,7-9H2,1-6H3. The molecular formula is C11H27N3O. The topological polar surface area (TPSA) is 45.3 Å². The summed E-state index contributed by atoms with van der Waals surface area (Å²) in [5.41, 5.74) is -0.202. The van der Waals surface area contributed by atoms with Crippen molar-refractivity contribution in [2.75, 3.05) is 19.6 Å². The van der Waals surface area contributed by atoms with Crippen molar-refractivity contribution in [3.05, 3.63) is 0 Å². The van der Waals surface area contributed by atoms with Crippen molar-refractivity contribution in [3.8, 4) is 0 Å². The molecule has 0 radical (unpaired) electrons. The van der Waals surface area contributed by atoms with Crippen LogP contribution in [0.3, 0.4) is 0 Å². The van der Waals surface area contributed by atoms with Crippen molar-refractivity contribution in [3.63, 3.8) is 0 Å². The van der Waals surface area contributed by atoms with Crippen LogP contribution >= 0.6 is 0 Å². The first kappa shape index (κ1) is 14.8. The van der Waals surface area contributed by atoms with Gasteiger partial charge in [0.1, 0.15) is 0 Å². The fourth-order valence-electron chi connectivity index (χ4n) is 1.50. The van der Waals surface area contributed by atoms with Gasteiger partial charge in [0.2, 0.25) is 5.97 Å². The second-order valence-corrected chi connectivity index (χ2v) is 4.49. The third-order valence-electron chi connectivity index (χ3n) is 1.74. The van der Waals surface area contributed by atoms with Crippen molar-refractivity contribution < 1.29 is 4.74 Å². The van der Waals surface area contributed by atoms with E-state index in [1.165, 1.54) is 0 Å². The Morgan fingerprint density at radius 1 is 0.800 bits per heavy atom. The van der Waals surface area contributed by atoms with E-state index in [2.05, 4.69) is 36.7 Å². The highest BCUT2D eigenvalue weighted by Gasteiger charge is 2.32. The lowest BCUT2D eigenvalue weighted by Crippen LogP contribution is -2.70. The van der Waals surface area contributed by atoms with Crippen LogP contribution in [0, 0.1) is 0 Å². The van der Waals surface area contributed by atoms with Gasteiger partial charge in [0.05, 0.1) is 5.60 Å². The van der Waals surface area contributed by atoms with Gasteiger partial charge < -0.3 is 4.74 Å². The molecule has 0 bridgehead atoms. The summed E-state index contributed by atoms with van der Waals surface area (Å²) in [4.78, 5) is 0. The zero-order valence-corrected chi connectivity index (χ0v) is 11.0. The molecule has 3 N–H and O–H groups in total. The summed E-state index contributed by atoms with van der Waals surface area (Å²) in [6, 6.07) is 0. The Morgan fingerprint density at radius 3 is 1.33 bits per heavy atom. The molecule has 0 aliphatic heterocycles. The van der Waals surface area contributed by atoms with E-state index in [4.69, 9.17) is 4.74 Å². The summed E-state index contributed by atoms with van der Waals surface area (Å²) < 4.78 is 6.01. The van der Waals surface area contributed by atoms with E-state index < -0.39 is 5.97 Å². The van der Waals surface area contributed by atoms with Crippen LogP contribution in [0.25, 0.3) is 0 Å². The minimum atomic E-state index is -0.615. The Kier molecular flexibility index (Phi) is 6.36. The van der Waals surface area contributed by atoms with Gasteiger partial charge in [0, 0.05) is 0 Å². The Labute approximate surface area is 94.2 Å². The summed E-state index contributed by atoms with van der Waals surface area (Å²) in [7, 11) is 0. The molecule has 0 rings (SSSR count). The predicted molar refractivity (Wildman–Crippen MR) is 64.6 cm³/mol. The molecule has 0 amide bonds. The van der Waals surface area contributed by atoms with Gasteiger partial charge in [-0.3, -0.25) is 16.0 Å². The van der Waals surface area contributed by atoms with Crippen LogP contribution in [0.5, 0.6) is 0 Å². The van der Waals surface area contributed by atoms with Crippen molar-refractivity contribution in [2.24, 2.45) is 0 Å². The SMILES string of the molecule is CCNC(NCC)(NCC)OC(C)(C)C. The number of nitrogens with one attached hydrogen (secondary N) is 3. The van der Waals surface area contributed by atoms with Crippen LogP contribution in [-0.2, 0) is 4.74 Å². The molecule has 0 saturated heterocycles. The molecule has 0 saturated carbocycles. The lowest BCUT2D eigenvalue weighted by atomic mass is 10.2.